The zero-order valence-electron chi connectivity index (χ0n) is 10.4. The Bertz CT molecular complexity index is 823. The van der Waals surface area contributed by atoms with Crippen LogP contribution < -0.4 is 0 Å². The fourth-order valence-electron chi connectivity index (χ4n) is 2.55. The normalized spacial score (nSPS) is 12.3. The Kier molecular flexibility index (Phi) is 3.05. The number of nitrogens with zero attached hydrogens (tertiary/aromatic N) is 1. The first-order valence-electron chi connectivity index (χ1n) is 6.26. The summed E-state index contributed by atoms with van der Waals surface area (Å²) in [5.41, 5.74) is 4.95. The molecular weight excluding hydrogens is 398 g/mol. The number of benzene rings is 2. The van der Waals surface area contributed by atoms with Crippen molar-refractivity contribution in [3.63, 3.8) is 0 Å². The maximum Gasteiger partial charge on any atom is 0.125 e. The van der Waals surface area contributed by atoms with Gasteiger partial charge in [0.15, 0.2) is 0 Å². The van der Waals surface area contributed by atoms with E-state index >= 15 is 0 Å². The van der Waals surface area contributed by atoms with Crippen LogP contribution in [0.5, 0.6) is 0 Å². The van der Waals surface area contributed by atoms with Crippen LogP contribution in [-0.2, 0) is 6.42 Å². The summed E-state index contributed by atoms with van der Waals surface area (Å²) in [7, 11) is 0. The molecule has 1 nitrogen and oxygen atoms in total. The van der Waals surface area contributed by atoms with Gasteiger partial charge in [0.2, 0.25) is 0 Å². The Balaban J connectivity index is 1.88. The SMILES string of the molecule is Brc1ccccc1-c1nc2c(s1)Cc1c(Br)cccc1-2. The van der Waals surface area contributed by atoms with Gasteiger partial charge in [0.1, 0.15) is 5.01 Å². The average molecular weight is 407 g/mol. The summed E-state index contributed by atoms with van der Waals surface area (Å²) in [4.78, 5) is 6.23. The fraction of sp³-hybridized carbons (Fsp3) is 0.0625. The Morgan fingerprint density at radius 3 is 2.50 bits per heavy atom. The minimum absolute atomic E-state index is 0.980. The van der Waals surface area contributed by atoms with Gasteiger partial charge in [-0.3, -0.25) is 0 Å². The molecule has 0 fully saturated rings. The number of halogens is 2. The third-order valence-corrected chi connectivity index (χ3v) is 6.04. The van der Waals surface area contributed by atoms with Crippen molar-refractivity contribution in [2.24, 2.45) is 0 Å². The minimum atomic E-state index is 0.980. The molecule has 0 saturated carbocycles. The Hall–Kier alpha value is -0.970. The molecule has 0 atom stereocenters. The van der Waals surface area contributed by atoms with Crippen LogP contribution in [0.15, 0.2) is 51.4 Å². The van der Waals surface area contributed by atoms with Crippen molar-refractivity contribution < 1.29 is 0 Å². The summed E-state index contributed by atoms with van der Waals surface area (Å²) in [6.45, 7) is 0. The first kappa shape index (κ1) is 12.7. The van der Waals surface area contributed by atoms with Gasteiger partial charge in [-0.15, -0.1) is 11.3 Å². The highest BCUT2D eigenvalue weighted by molar-refractivity contribution is 9.10. The third-order valence-electron chi connectivity index (χ3n) is 3.51. The smallest absolute Gasteiger partial charge is 0.125 e. The number of aromatic nitrogens is 1. The van der Waals surface area contributed by atoms with E-state index in [-0.39, 0.29) is 0 Å². The van der Waals surface area contributed by atoms with Crippen LogP contribution in [0.4, 0.5) is 0 Å². The maximum atomic E-state index is 4.87. The largest absolute Gasteiger partial charge is 0.236 e. The zero-order valence-corrected chi connectivity index (χ0v) is 14.3. The van der Waals surface area contributed by atoms with Crippen LogP contribution in [0.25, 0.3) is 21.8 Å². The van der Waals surface area contributed by atoms with Gasteiger partial charge in [-0.1, -0.05) is 62.2 Å². The predicted octanol–water partition coefficient (Wildman–Crippen LogP) is 5.91. The molecule has 1 heterocycles. The molecule has 0 unspecified atom stereocenters. The summed E-state index contributed by atoms with van der Waals surface area (Å²) in [5.74, 6) is 0. The molecule has 20 heavy (non-hydrogen) atoms. The second-order valence-electron chi connectivity index (χ2n) is 4.71. The summed E-state index contributed by atoms with van der Waals surface area (Å²) >= 11 is 9.04. The van der Waals surface area contributed by atoms with E-state index in [9.17, 15) is 0 Å². The molecule has 0 saturated heterocycles. The van der Waals surface area contributed by atoms with Gasteiger partial charge in [-0.05, 0) is 17.7 Å². The van der Waals surface area contributed by atoms with Crippen molar-refractivity contribution in [3.8, 4) is 21.8 Å². The molecular formula is C16H9Br2NS. The Morgan fingerprint density at radius 2 is 1.65 bits per heavy atom. The summed E-state index contributed by atoms with van der Waals surface area (Å²) in [6, 6.07) is 14.6. The van der Waals surface area contributed by atoms with E-state index in [4.69, 9.17) is 4.98 Å². The molecule has 4 heteroatoms. The second kappa shape index (κ2) is 4.79. The first-order chi connectivity index (χ1) is 9.74. The highest BCUT2D eigenvalue weighted by Crippen LogP contribution is 2.45. The van der Waals surface area contributed by atoms with Crippen molar-refractivity contribution in [2.75, 3.05) is 0 Å². The lowest BCUT2D eigenvalue weighted by Gasteiger charge is -2.03. The number of hydrogen-bond acceptors (Lipinski definition) is 2. The number of thiazole rings is 1. The van der Waals surface area contributed by atoms with Gasteiger partial charge < -0.3 is 0 Å². The Labute approximate surface area is 137 Å². The van der Waals surface area contributed by atoms with E-state index in [0.717, 1.165) is 21.6 Å². The molecule has 1 aliphatic carbocycles. The van der Waals surface area contributed by atoms with Crippen molar-refractivity contribution in [2.45, 2.75) is 6.42 Å². The van der Waals surface area contributed by atoms with Gasteiger partial charge >= 0.3 is 0 Å². The van der Waals surface area contributed by atoms with Gasteiger partial charge in [0.05, 0.1) is 5.69 Å². The van der Waals surface area contributed by atoms with E-state index in [1.807, 2.05) is 6.07 Å². The van der Waals surface area contributed by atoms with E-state index in [1.54, 1.807) is 11.3 Å². The van der Waals surface area contributed by atoms with Crippen LogP contribution in [-0.4, -0.2) is 4.98 Å². The highest BCUT2D eigenvalue weighted by Gasteiger charge is 2.25. The average Bonchev–Trinajstić information content (AvgIpc) is 2.98. The summed E-state index contributed by atoms with van der Waals surface area (Å²) in [5, 5.41) is 1.09. The van der Waals surface area contributed by atoms with Crippen LogP contribution in [0.2, 0.25) is 0 Å². The summed E-state index contributed by atoms with van der Waals surface area (Å²) in [6.07, 6.45) is 0.980. The number of fused-ring (bicyclic) bond motifs is 3. The molecule has 2 aromatic carbocycles. The fourth-order valence-corrected chi connectivity index (χ4v) is 4.79. The number of rotatable bonds is 1. The van der Waals surface area contributed by atoms with Gasteiger partial charge in [0, 0.05) is 31.4 Å². The van der Waals surface area contributed by atoms with Crippen molar-refractivity contribution in [3.05, 3.63) is 61.9 Å². The van der Waals surface area contributed by atoms with Crippen LogP contribution in [0, 0.1) is 0 Å². The predicted molar refractivity (Wildman–Crippen MR) is 91.2 cm³/mol. The lowest BCUT2D eigenvalue weighted by molar-refractivity contribution is 1.29. The topological polar surface area (TPSA) is 12.9 Å². The second-order valence-corrected chi connectivity index (χ2v) is 7.51. The summed E-state index contributed by atoms with van der Waals surface area (Å²) < 4.78 is 2.28. The molecule has 0 spiro atoms. The van der Waals surface area contributed by atoms with Crippen molar-refractivity contribution >= 4 is 43.2 Å². The molecule has 98 valence electrons. The molecule has 0 N–H and O–H groups in total. The highest BCUT2D eigenvalue weighted by atomic mass is 79.9. The molecule has 0 bridgehead atoms. The van der Waals surface area contributed by atoms with Crippen LogP contribution in [0.1, 0.15) is 10.4 Å². The minimum Gasteiger partial charge on any atom is -0.236 e. The molecule has 0 amide bonds. The Morgan fingerprint density at radius 1 is 0.900 bits per heavy atom. The van der Waals surface area contributed by atoms with E-state index in [2.05, 4.69) is 68.3 Å². The lowest BCUT2D eigenvalue weighted by Crippen LogP contribution is -1.84. The van der Waals surface area contributed by atoms with E-state index in [0.29, 0.717) is 0 Å². The van der Waals surface area contributed by atoms with Crippen molar-refractivity contribution in [1.82, 2.24) is 4.98 Å². The lowest BCUT2D eigenvalue weighted by atomic mass is 10.1. The molecule has 3 aromatic rings. The third kappa shape index (κ3) is 1.90. The number of hydrogen-bond donors (Lipinski definition) is 0. The molecule has 1 aliphatic rings. The van der Waals surface area contributed by atoms with E-state index in [1.165, 1.54) is 26.0 Å². The maximum absolute atomic E-state index is 4.87. The van der Waals surface area contributed by atoms with Gasteiger partial charge in [-0.2, -0.15) is 0 Å². The van der Waals surface area contributed by atoms with Crippen molar-refractivity contribution in [1.29, 1.82) is 0 Å². The quantitative estimate of drug-likeness (QED) is 0.383. The van der Waals surface area contributed by atoms with E-state index < -0.39 is 0 Å². The standard InChI is InChI=1S/C16H9Br2NS/c17-12-6-2-1-4-10(12)16-19-15-9-5-3-7-13(18)11(9)8-14(15)20-16/h1-7H,8H2. The monoisotopic (exact) mass is 405 g/mol. The molecule has 0 radical (unpaired) electrons. The molecule has 1 aromatic heterocycles. The zero-order chi connectivity index (χ0) is 13.7. The van der Waals surface area contributed by atoms with Gasteiger partial charge in [-0.25, -0.2) is 4.98 Å². The molecule has 0 aliphatic heterocycles. The first-order valence-corrected chi connectivity index (χ1v) is 8.66. The van der Waals surface area contributed by atoms with Crippen LogP contribution >= 0.6 is 43.2 Å². The van der Waals surface area contributed by atoms with Gasteiger partial charge in [0.25, 0.3) is 0 Å². The molecule has 4 rings (SSSR count). The van der Waals surface area contributed by atoms with Crippen LogP contribution in [0.3, 0.4) is 0 Å².